The quantitative estimate of drug-likeness (QED) is 0.0211. The number of hydrogen-bond donors (Lipinski definition) is 1. The van der Waals surface area contributed by atoms with Crippen LogP contribution >= 0.6 is 7.82 Å². The molecule has 0 aromatic heterocycles. The number of nitrogens with zero attached hydrogens (tertiary/aromatic N) is 1. The van der Waals surface area contributed by atoms with Crippen molar-refractivity contribution in [2.75, 3.05) is 47.5 Å². The third-order valence-electron chi connectivity index (χ3n) is 15.2. The third-order valence-corrected chi connectivity index (χ3v) is 16.2. The maximum absolute atomic E-state index is 12.9. The first-order valence-corrected chi connectivity index (χ1v) is 39.6. The lowest BCUT2D eigenvalue weighted by molar-refractivity contribution is -0.870. The monoisotopic (exact) mass is 1370 g/mol. The number of rotatable bonds is 67. The zero-order chi connectivity index (χ0) is 71.1. The molecule has 2 unspecified atom stereocenters. The lowest BCUT2D eigenvalue weighted by Crippen LogP contribution is -2.37. The molecule has 0 aliphatic rings. The largest absolute Gasteiger partial charge is 0.472 e. The summed E-state index contributed by atoms with van der Waals surface area (Å²) in [6.45, 7) is 4.16. The Morgan fingerprint density at radius 3 is 0.816 bits per heavy atom. The summed E-state index contributed by atoms with van der Waals surface area (Å²) in [4.78, 5) is 36.0. The van der Waals surface area contributed by atoms with Gasteiger partial charge >= 0.3 is 19.8 Å². The topological polar surface area (TPSA) is 108 Å². The van der Waals surface area contributed by atoms with Gasteiger partial charge in [-0.1, -0.05) is 315 Å². The van der Waals surface area contributed by atoms with Crippen LogP contribution in [0.5, 0.6) is 0 Å². The molecule has 0 fully saturated rings. The Morgan fingerprint density at radius 1 is 0.316 bits per heavy atom. The number of carbonyl (C=O) groups excluding carboxylic acids is 2. The zero-order valence-corrected chi connectivity index (χ0v) is 63.3. The van der Waals surface area contributed by atoms with E-state index < -0.39 is 26.5 Å². The van der Waals surface area contributed by atoms with E-state index in [-0.39, 0.29) is 32.0 Å². The highest BCUT2D eigenvalue weighted by atomic mass is 31.2. The van der Waals surface area contributed by atoms with Gasteiger partial charge in [-0.15, -0.1) is 0 Å². The fourth-order valence-corrected chi connectivity index (χ4v) is 10.2. The summed E-state index contributed by atoms with van der Waals surface area (Å²) < 4.78 is 34.7. The average molecular weight is 1370 g/mol. The van der Waals surface area contributed by atoms with E-state index in [0.29, 0.717) is 23.9 Å². The van der Waals surface area contributed by atoms with Crippen LogP contribution in [0.25, 0.3) is 0 Å². The molecule has 98 heavy (non-hydrogen) atoms. The minimum atomic E-state index is -4.42. The second-order valence-electron chi connectivity index (χ2n) is 25.6. The van der Waals surface area contributed by atoms with Crippen molar-refractivity contribution in [3.63, 3.8) is 0 Å². The van der Waals surface area contributed by atoms with Crippen LogP contribution in [0.3, 0.4) is 0 Å². The van der Waals surface area contributed by atoms with Gasteiger partial charge in [0, 0.05) is 12.8 Å². The van der Waals surface area contributed by atoms with E-state index in [9.17, 15) is 19.0 Å². The summed E-state index contributed by atoms with van der Waals surface area (Å²) in [5.74, 6) is -0.836. The molecule has 0 amide bonds. The molecule has 0 heterocycles. The van der Waals surface area contributed by atoms with E-state index in [0.717, 1.165) is 180 Å². The van der Waals surface area contributed by atoms with Gasteiger partial charge in [-0.25, -0.2) is 4.57 Å². The van der Waals surface area contributed by atoms with Crippen LogP contribution in [-0.2, 0) is 32.7 Å². The van der Waals surface area contributed by atoms with E-state index in [1.165, 1.54) is 38.5 Å². The lowest BCUT2D eigenvalue weighted by atomic mass is 10.1. The predicted octanol–water partition coefficient (Wildman–Crippen LogP) is 25.7. The number of likely N-dealkylation sites (N-methyl/N-ethyl adjacent to an activating group) is 1. The van der Waals surface area contributed by atoms with Gasteiger partial charge in [0.1, 0.15) is 19.8 Å². The smallest absolute Gasteiger partial charge is 0.462 e. The molecule has 0 saturated carbocycles. The molecule has 548 valence electrons. The van der Waals surface area contributed by atoms with Crippen LogP contribution in [-0.4, -0.2) is 74.9 Å². The minimum Gasteiger partial charge on any atom is -0.462 e. The van der Waals surface area contributed by atoms with Gasteiger partial charge in [0.25, 0.3) is 0 Å². The van der Waals surface area contributed by atoms with Gasteiger partial charge in [-0.05, 0) is 161 Å². The maximum atomic E-state index is 12.9. The van der Waals surface area contributed by atoms with Crippen LogP contribution in [0, 0.1) is 0 Å². The van der Waals surface area contributed by atoms with E-state index in [1.54, 1.807) is 0 Å². The fourth-order valence-electron chi connectivity index (χ4n) is 9.45. The Balaban J connectivity index is 4.17. The standard InChI is InChI=1S/C88H138NO8P/c1-6-8-10-12-14-16-18-20-22-24-26-28-30-32-34-36-38-40-41-42-43-44-45-46-47-49-51-53-55-57-59-61-63-65-67-69-71-73-75-77-79-81-88(91)97-86(85-96-98(92,93)95-83-82-89(3,4)5)84-94-87(90)80-78-76-74-72-70-68-66-64-62-60-58-56-54-52-50-48-39-37-35-33-31-29-27-25-23-21-19-17-15-13-11-9-7-2/h8-11,14-17,20-23,26-29,32-35,38-40,42-43,45-46,48-49,51-52,54-55,57-58,60-61,63,86H,6-7,12-13,18-19,24-25,30-31,36-37,41,44,47,50,53,56,59,62,64-85H2,1-5H3/p+1/b10-8-,11-9-,16-14-,17-15-,22-20-,23-21-,28-26-,29-27-,34-32-,35-33-,40-38-,43-42-,46-45-,48-39-,51-49-,54-52-,57-55-,60-58-,63-61-. The molecular formula is C88H139NO8P+. The SMILES string of the molecule is CC/C=C\C/C=C\C/C=C\C/C=C\C/C=C\C/C=C\C/C=C\C/C=C\C/C=C\C/C=C\C/C=C\CCCCCCCCCC(=O)OC(COC(=O)CCCCCCCCCC/C=C\C/C=C\C/C=C\C/C=C\C/C=C\C/C=C\C/C=C\C/C=C\CC)COP(=O)(O)OCC[N+](C)(C)C. The minimum absolute atomic E-state index is 0.0153. The van der Waals surface area contributed by atoms with Gasteiger partial charge in [0.05, 0.1) is 27.7 Å². The number of phosphoric ester groups is 1. The summed E-state index contributed by atoms with van der Waals surface area (Å²) in [5.41, 5.74) is 0. The summed E-state index contributed by atoms with van der Waals surface area (Å²) in [5, 5.41) is 0. The van der Waals surface area contributed by atoms with Crippen LogP contribution in [0.4, 0.5) is 0 Å². The Hall–Kier alpha value is -5.93. The molecule has 10 heteroatoms. The molecule has 2 atom stereocenters. The molecule has 0 aromatic rings. The highest BCUT2D eigenvalue weighted by Crippen LogP contribution is 2.43. The van der Waals surface area contributed by atoms with Gasteiger partial charge in [-0.2, -0.15) is 0 Å². The van der Waals surface area contributed by atoms with Crippen molar-refractivity contribution >= 4 is 19.8 Å². The van der Waals surface area contributed by atoms with Crippen molar-refractivity contribution in [1.29, 1.82) is 0 Å². The second-order valence-corrected chi connectivity index (χ2v) is 27.0. The normalized spacial score (nSPS) is 14.4. The third kappa shape index (κ3) is 79.1. The predicted molar refractivity (Wildman–Crippen MR) is 426 cm³/mol. The maximum Gasteiger partial charge on any atom is 0.472 e. The van der Waals surface area contributed by atoms with Crippen LogP contribution in [0.2, 0.25) is 0 Å². The van der Waals surface area contributed by atoms with Gasteiger partial charge < -0.3 is 18.9 Å². The van der Waals surface area contributed by atoms with Crippen molar-refractivity contribution in [3.05, 3.63) is 231 Å². The Labute approximate surface area is 600 Å². The van der Waals surface area contributed by atoms with Crippen LogP contribution in [0.1, 0.15) is 258 Å². The molecule has 0 rings (SSSR count). The highest BCUT2D eigenvalue weighted by molar-refractivity contribution is 7.47. The van der Waals surface area contributed by atoms with Gasteiger partial charge in [0.2, 0.25) is 0 Å². The molecule has 0 aliphatic carbocycles. The molecule has 0 radical (unpaired) electrons. The Kier molecular flexibility index (Phi) is 70.7. The van der Waals surface area contributed by atoms with E-state index in [2.05, 4.69) is 245 Å². The Morgan fingerprint density at radius 2 is 0.551 bits per heavy atom. The first-order valence-electron chi connectivity index (χ1n) is 38.1. The number of phosphoric acid groups is 1. The van der Waals surface area contributed by atoms with Crippen molar-refractivity contribution in [2.45, 2.75) is 264 Å². The van der Waals surface area contributed by atoms with Crippen molar-refractivity contribution in [1.82, 2.24) is 0 Å². The number of hydrogen-bond acceptors (Lipinski definition) is 7. The summed E-state index contributed by atoms with van der Waals surface area (Å²) in [7, 11) is 1.43. The molecular weight excluding hydrogens is 1230 g/mol. The summed E-state index contributed by atoms with van der Waals surface area (Å²) in [6.07, 6.45) is 122. The first kappa shape index (κ1) is 92.1. The average Bonchev–Trinajstić information content (AvgIpc) is 1.08. The zero-order valence-electron chi connectivity index (χ0n) is 62.4. The lowest BCUT2D eigenvalue weighted by Gasteiger charge is -2.24. The molecule has 0 saturated heterocycles. The molecule has 0 bridgehead atoms. The Bertz CT molecular complexity index is 2510. The van der Waals surface area contributed by atoms with Crippen molar-refractivity contribution in [3.8, 4) is 0 Å². The van der Waals surface area contributed by atoms with Crippen LogP contribution in [0.15, 0.2) is 231 Å². The fraction of sp³-hybridized carbons (Fsp3) is 0.545. The molecule has 0 spiro atoms. The van der Waals surface area contributed by atoms with Gasteiger partial charge in [-0.3, -0.25) is 18.6 Å². The first-order chi connectivity index (χ1) is 48.0. The van der Waals surface area contributed by atoms with Crippen LogP contribution < -0.4 is 0 Å². The van der Waals surface area contributed by atoms with Crippen molar-refractivity contribution < 1.29 is 42.1 Å². The van der Waals surface area contributed by atoms with E-state index >= 15 is 0 Å². The number of carbonyl (C=O) groups is 2. The number of esters is 2. The molecule has 1 N–H and O–H groups in total. The number of ether oxygens (including phenoxy) is 2. The van der Waals surface area contributed by atoms with E-state index in [4.69, 9.17) is 18.5 Å². The number of quaternary nitrogens is 1. The molecule has 0 aliphatic heterocycles. The highest BCUT2D eigenvalue weighted by Gasteiger charge is 2.27. The number of unbranched alkanes of at least 4 members (excludes halogenated alkanes) is 15. The summed E-state index contributed by atoms with van der Waals surface area (Å²) in [6, 6.07) is 0. The van der Waals surface area contributed by atoms with E-state index in [1.807, 2.05) is 21.1 Å². The molecule has 9 nitrogen and oxygen atoms in total. The van der Waals surface area contributed by atoms with Gasteiger partial charge in [0.15, 0.2) is 6.10 Å². The van der Waals surface area contributed by atoms with Crippen molar-refractivity contribution in [2.24, 2.45) is 0 Å². The molecule has 0 aromatic carbocycles. The summed E-state index contributed by atoms with van der Waals surface area (Å²) >= 11 is 0. The number of allylic oxidation sites excluding steroid dienone is 38. The second kappa shape index (κ2) is 75.3.